The number of rotatable bonds is 6. The van der Waals surface area contributed by atoms with Gasteiger partial charge in [0.1, 0.15) is 5.75 Å². The lowest BCUT2D eigenvalue weighted by Crippen LogP contribution is -2.25. The molecule has 34 heavy (non-hydrogen) atoms. The van der Waals surface area contributed by atoms with Crippen molar-refractivity contribution in [2.24, 2.45) is 0 Å². The molecule has 0 radical (unpaired) electrons. The first-order chi connectivity index (χ1) is 16.6. The maximum Gasteiger partial charge on any atom is 0.359 e. The first-order valence-electron chi connectivity index (χ1n) is 10.4. The number of methoxy groups -OCH3 is 1. The predicted molar refractivity (Wildman–Crippen MR) is 123 cm³/mol. The van der Waals surface area contributed by atoms with Gasteiger partial charge in [-0.1, -0.05) is 41.6 Å². The molecule has 0 saturated heterocycles. The number of ether oxygens (including phenoxy) is 2. The fraction of sp³-hybridized carbons (Fsp3) is 0.0800. The lowest BCUT2D eigenvalue weighted by molar-refractivity contribution is 0.0423. The van der Waals surface area contributed by atoms with Crippen LogP contribution in [-0.2, 0) is 11.3 Å². The Labute approximate surface area is 193 Å². The molecule has 9 heteroatoms. The van der Waals surface area contributed by atoms with Crippen LogP contribution in [-0.4, -0.2) is 33.0 Å². The second-order valence-electron chi connectivity index (χ2n) is 7.26. The number of para-hydroxylation sites is 1. The summed E-state index contributed by atoms with van der Waals surface area (Å²) in [6.45, 7) is -0.248. The minimum Gasteiger partial charge on any atom is -0.497 e. The fourth-order valence-corrected chi connectivity index (χ4v) is 3.45. The number of hydrogen-bond donors (Lipinski definition) is 0. The van der Waals surface area contributed by atoms with Crippen molar-refractivity contribution in [2.45, 2.75) is 6.61 Å². The lowest BCUT2D eigenvalue weighted by atomic mass is 10.1. The van der Waals surface area contributed by atoms with E-state index in [0.717, 1.165) is 5.56 Å². The number of carbonyl (C=O) groups is 1. The molecule has 9 nitrogen and oxygen atoms in total. The molecule has 0 aliphatic heterocycles. The highest BCUT2D eigenvalue weighted by molar-refractivity contribution is 6.02. The first kappa shape index (κ1) is 21.1. The molecule has 3 aromatic carbocycles. The van der Waals surface area contributed by atoms with Gasteiger partial charge in [-0.05, 0) is 42.5 Å². The van der Waals surface area contributed by atoms with Crippen LogP contribution in [0.15, 0.2) is 88.2 Å². The number of hydrogen-bond acceptors (Lipinski definition) is 8. The Kier molecular flexibility index (Phi) is 5.57. The third-order valence-electron chi connectivity index (χ3n) is 5.14. The number of fused-ring (bicyclic) bond motifs is 1. The van der Waals surface area contributed by atoms with Crippen molar-refractivity contribution in [1.82, 2.24) is 19.9 Å². The Bertz CT molecular complexity index is 1530. The second kappa shape index (κ2) is 8.99. The van der Waals surface area contributed by atoms with E-state index in [2.05, 4.69) is 15.2 Å². The van der Waals surface area contributed by atoms with E-state index in [-0.39, 0.29) is 23.8 Å². The van der Waals surface area contributed by atoms with Crippen LogP contribution in [0.4, 0.5) is 0 Å². The second-order valence-corrected chi connectivity index (χ2v) is 7.26. The lowest BCUT2D eigenvalue weighted by Gasteiger charge is -2.10. The van der Waals surface area contributed by atoms with Crippen LogP contribution >= 0.6 is 0 Å². The molecule has 0 amide bonds. The van der Waals surface area contributed by atoms with Crippen molar-refractivity contribution in [1.29, 1.82) is 0 Å². The van der Waals surface area contributed by atoms with Crippen LogP contribution in [0.3, 0.4) is 0 Å². The van der Waals surface area contributed by atoms with Gasteiger partial charge in [-0.25, -0.2) is 4.79 Å². The van der Waals surface area contributed by atoms with Gasteiger partial charge >= 0.3 is 5.97 Å². The van der Waals surface area contributed by atoms with Gasteiger partial charge in [0.2, 0.25) is 5.82 Å². The molecule has 0 saturated carbocycles. The molecule has 0 bridgehead atoms. The summed E-state index contributed by atoms with van der Waals surface area (Å²) < 4.78 is 17.0. The number of benzene rings is 3. The smallest absolute Gasteiger partial charge is 0.359 e. The molecule has 0 atom stereocenters. The molecule has 2 heterocycles. The van der Waals surface area contributed by atoms with Gasteiger partial charge in [-0.3, -0.25) is 4.79 Å². The number of aromatic nitrogens is 4. The molecule has 0 N–H and O–H groups in total. The van der Waals surface area contributed by atoms with Gasteiger partial charge in [0.05, 0.1) is 18.2 Å². The molecule has 0 fully saturated rings. The highest BCUT2D eigenvalue weighted by Crippen LogP contribution is 2.20. The number of carbonyl (C=O) groups excluding carboxylic acids is 1. The summed E-state index contributed by atoms with van der Waals surface area (Å²) in [6.07, 6.45) is 0. The molecule has 5 rings (SSSR count). The summed E-state index contributed by atoms with van der Waals surface area (Å²) in [7, 11) is 1.58. The van der Waals surface area contributed by atoms with Crippen LogP contribution < -0.4 is 10.3 Å². The Hall–Kier alpha value is -4.79. The van der Waals surface area contributed by atoms with Gasteiger partial charge in [0.25, 0.3) is 11.4 Å². The van der Waals surface area contributed by atoms with Crippen molar-refractivity contribution in [3.05, 3.63) is 101 Å². The molecule has 0 aliphatic rings. The van der Waals surface area contributed by atoms with Crippen molar-refractivity contribution < 1.29 is 18.8 Å². The zero-order valence-corrected chi connectivity index (χ0v) is 18.0. The quantitative estimate of drug-likeness (QED) is 0.357. The number of esters is 1. The number of nitrogens with zero attached hydrogens (tertiary/aromatic N) is 4. The van der Waals surface area contributed by atoms with Crippen molar-refractivity contribution >= 4 is 16.7 Å². The van der Waals surface area contributed by atoms with E-state index in [0.29, 0.717) is 28.0 Å². The van der Waals surface area contributed by atoms with E-state index in [1.807, 2.05) is 6.07 Å². The fourth-order valence-electron chi connectivity index (χ4n) is 3.45. The first-order valence-corrected chi connectivity index (χ1v) is 10.4. The van der Waals surface area contributed by atoms with Crippen LogP contribution in [0.1, 0.15) is 16.4 Å². The Morgan fingerprint density at radius 2 is 1.65 bits per heavy atom. The van der Waals surface area contributed by atoms with Crippen molar-refractivity contribution in [2.75, 3.05) is 7.11 Å². The summed E-state index contributed by atoms with van der Waals surface area (Å²) in [5, 5.41) is 8.98. The van der Waals surface area contributed by atoms with Gasteiger partial charge in [0.15, 0.2) is 12.3 Å². The Morgan fingerprint density at radius 3 is 2.38 bits per heavy atom. The standard InChI is InChI=1S/C25H18N4O5/c1-32-18-13-11-16(12-14-18)23-26-21(34-28-23)15-33-25(31)22-19-9-5-6-10-20(19)24(30)29(27-22)17-7-3-2-4-8-17/h2-14H,15H2,1H3. The third kappa shape index (κ3) is 4.02. The van der Waals surface area contributed by atoms with E-state index in [4.69, 9.17) is 14.0 Å². The van der Waals surface area contributed by atoms with Crippen LogP contribution in [0, 0.1) is 0 Å². The SMILES string of the molecule is COc1ccc(-c2noc(COC(=O)c3nn(-c4ccccc4)c(=O)c4ccccc34)n2)cc1. The van der Waals surface area contributed by atoms with Gasteiger partial charge in [0, 0.05) is 10.9 Å². The summed E-state index contributed by atoms with van der Waals surface area (Å²) in [4.78, 5) is 30.2. The molecular weight excluding hydrogens is 436 g/mol. The van der Waals surface area contributed by atoms with E-state index < -0.39 is 5.97 Å². The topological polar surface area (TPSA) is 109 Å². The maximum absolute atomic E-state index is 13.0. The summed E-state index contributed by atoms with van der Waals surface area (Å²) >= 11 is 0. The van der Waals surface area contributed by atoms with E-state index in [1.165, 1.54) is 4.68 Å². The highest BCUT2D eigenvalue weighted by atomic mass is 16.6. The van der Waals surface area contributed by atoms with E-state index in [9.17, 15) is 9.59 Å². The minimum absolute atomic E-state index is 0.00828. The van der Waals surface area contributed by atoms with Gasteiger partial charge in [-0.2, -0.15) is 14.8 Å². The zero-order valence-electron chi connectivity index (χ0n) is 18.0. The van der Waals surface area contributed by atoms with Gasteiger partial charge in [-0.15, -0.1) is 0 Å². The van der Waals surface area contributed by atoms with Gasteiger partial charge < -0.3 is 14.0 Å². The molecule has 0 unspecified atom stereocenters. The Balaban J connectivity index is 1.41. The molecular formula is C25H18N4O5. The van der Waals surface area contributed by atoms with Crippen LogP contribution in [0.2, 0.25) is 0 Å². The average molecular weight is 454 g/mol. The molecule has 0 spiro atoms. The summed E-state index contributed by atoms with van der Waals surface area (Å²) in [6, 6.07) is 22.8. The predicted octanol–water partition coefficient (Wildman–Crippen LogP) is 3.80. The van der Waals surface area contributed by atoms with Crippen molar-refractivity contribution in [3.63, 3.8) is 0 Å². The summed E-state index contributed by atoms with van der Waals surface area (Å²) in [5.41, 5.74) is 0.936. The molecule has 168 valence electrons. The highest BCUT2D eigenvalue weighted by Gasteiger charge is 2.20. The van der Waals surface area contributed by atoms with E-state index >= 15 is 0 Å². The maximum atomic E-state index is 13.0. The normalized spacial score (nSPS) is 10.9. The van der Waals surface area contributed by atoms with Crippen molar-refractivity contribution in [3.8, 4) is 22.8 Å². The van der Waals surface area contributed by atoms with E-state index in [1.54, 1.807) is 79.9 Å². The molecule has 0 aliphatic carbocycles. The summed E-state index contributed by atoms with van der Waals surface area (Å²) in [5.74, 6) is 0.470. The zero-order chi connectivity index (χ0) is 23.5. The Morgan fingerprint density at radius 1 is 0.941 bits per heavy atom. The molecule has 5 aromatic rings. The minimum atomic E-state index is -0.718. The average Bonchev–Trinajstić information content (AvgIpc) is 3.37. The van der Waals surface area contributed by atoms with Crippen LogP contribution in [0.25, 0.3) is 27.8 Å². The largest absolute Gasteiger partial charge is 0.497 e. The monoisotopic (exact) mass is 454 g/mol. The molecule has 2 aromatic heterocycles. The van der Waals surface area contributed by atoms with Crippen LogP contribution in [0.5, 0.6) is 5.75 Å². The third-order valence-corrected chi connectivity index (χ3v) is 5.14.